The molecule has 0 radical (unpaired) electrons. The fourth-order valence-corrected chi connectivity index (χ4v) is 4.36. The number of phenols is 1. The molecule has 0 aliphatic heterocycles. The number of hydrogen-bond donors (Lipinski definition) is 2. The van der Waals surface area contributed by atoms with Gasteiger partial charge in [-0.3, -0.25) is 14.4 Å². The highest BCUT2D eigenvalue weighted by Crippen LogP contribution is 2.36. The Bertz CT molecular complexity index is 1350. The molecule has 2 aromatic carbocycles. The molecular weight excluding hydrogens is 492 g/mol. The van der Waals surface area contributed by atoms with Gasteiger partial charge in [0.15, 0.2) is 11.6 Å². The Labute approximate surface area is 232 Å². The summed E-state index contributed by atoms with van der Waals surface area (Å²) in [5.74, 6) is -2.15. The quantitative estimate of drug-likeness (QED) is 0.134. The topological polar surface area (TPSA) is 110 Å². The number of carbonyl (C=O) groups is 3. The number of phenolic OH excluding ortho intramolecular Hbond substituents is 1. The average Bonchev–Trinajstić information content (AvgIpc) is 2.89. The normalized spacial score (nSPS) is 14.4. The summed E-state index contributed by atoms with van der Waals surface area (Å²) in [6.45, 7) is 2.94. The lowest BCUT2D eigenvalue weighted by Crippen LogP contribution is -2.10. The maximum absolute atomic E-state index is 12.3. The molecule has 0 saturated heterocycles. The second-order valence-corrected chi connectivity index (χ2v) is 9.20. The Morgan fingerprint density at radius 2 is 1.59 bits per heavy atom. The zero-order valence-electron chi connectivity index (χ0n) is 27.6. The molecular formula is C29H38O7S. The van der Waals surface area contributed by atoms with E-state index >= 15 is 0 Å². The zero-order chi connectivity index (χ0) is 32.8. The van der Waals surface area contributed by atoms with Gasteiger partial charge in [-0.1, -0.05) is 26.7 Å². The molecule has 0 unspecified atom stereocenters. The van der Waals surface area contributed by atoms with Crippen LogP contribution in [0.3, 0.4) is 0 Å². The number of thioether (sulfide) groups is 1. The minimum Gasteiger partial charge on any atom is -0.507 e. The number of ketones is 2. The summed E-state index contributed by atoms with van der Waals surface area (Å²) in [6, 6.07) is 5.38. The van der Waals surface area contributed by atoms with Gasteiger partial charge in [0.1, 0.15) is 17.2 Å². The van der Waals surface area contributed by atoms with Crippen LogP contribution in [0.15, 0.2) is 29.2 Å². The summed E-state index contributed by atoms with van der Waals surface area (Å²) in [5.41, 5.74) is -2.19. The number of carboxylic acids is 1. The molecule has 8 heteroatoms. The van der Waals surface area contributed by atoms with E-state index in [0.29, 0.717) is 24.6 Å². The van der Waals surface area contributed by atoms with Gasteiger partial charge >= 0.3 is 5.97 Å². The number of hydrogen-bond acceptors (Lipinski definition) is 7. The van der Waals surface area contributed by atoms with Gasteiger partial charge in [0.2, 0.25) is 0 Å². The predicted octanol–water partition coefficient (Wildman–Crippen LogP) is 6.51. The fourth-order valence-electron chi connectivity index (χ4n) is 3.70. The van der Waals surface area contributed by atoms with Gasteiger partial charge in [-0.05, 0) is 63.7 Å². The molecule has 202 valence electrons. The largest absolute Gasteiger partial charge is 0.507 e. The van der Waals surface area contributed by atoms with Crippen molar-refractivity contribution in [1.29, 1.82) is 0 Å². The number of Topliss-reactive ketones (excluding diaryl/α,β-unsaturated/α-hetero) is 2. The third-order valence-corrected chi connectivity index (χ3v) is 6.23. The number of aliphatic carboxylic acids is 1. The molecule has 0 amide bonds. The van der Waals surface area contributed by atoms with Crippen molar-refractivity contribution in [3.63, 3.8) is 0 Å². The molecule has 0 saturated carbocycles. The van der Waals surface area contributed by atoms with Crippen molar-refractivity contribution in [2.45, 2.75) is 77.5 Å². The van der Waals surface area contributed by atoms with Crippen LogP contribution in [-0.4, -0.2) is 46.6 Å². The first-order valence-electron chi connectivity index (χ1n) is 15.2. The summed E-state index contributed by atoms with van der Waals surface area (Å²) in [5, 5.41) is 19.6. The summed E-state index contributed by atoms with van der Waals surface area (Å²) in [7, 11) is 0. The van der Waals surface area contributed by atoms with Crippen molar-refractivity contribution < 1.29 is 42.3 Å². The summed E-state index contributed by atoms with van der Waals surface area (Å²) in [4.78, 5) is 35.3. The van der Waals surface area contributed by atoms with Crippen LogP contribution in [-0.2, 0) is 17.6 Å². The first-order chi connectivity index (χ1) is 19.9. The highest BCUT2D eigenvalue weighted by atomic mass is 32.2. The van der Waals surface area contributed by atoms with E-state index < -0.39 is 30.4 Å². The Balaban J connectivity index is 2.52. The standard InChI is InChI=1S/C29H38O7S/c1-5-9-23-25(14-12-22(20(4)31)29(23)36-16-7-11-27(32)33)35-17-8-18-37-26-15-13-21(19(3)30)28(34)24(26)10-6-2/h12-15,34H,5-11,16-18H2,1-4H3,(H,32,33)/i8D2,17D2,18D2. The molecule has 0 heterocycles. The lowest BCUT2D eigenvalue weighted by atomic mass is 10.0. The van der Waals surface area contributed by atoms with E-state index in [2.05, 4.69) is 0 Å². The number of carbonyl (C=O) groups excluding carboxylic acids is 2. The van der Waals surface area contributed by atoms with Crippen molar-refractivity contribution in [1.82, 2.24) is 0 Å². The molecule has 0 aromatic heterocycles. The molecule has 0 atom stereocenters. The number of carboxylic acid groups (broad SMARTS) is 1. The van der Waals surface area contributed by atoms with Crippen molar-refractivity contribution in [3.05, 3.63) is 46.5 Å². The highest BCUT2D eigenvalue weighted by molar-refractivity contribution is 7.99. The van der Waals surface area contributed by atoms with E-state index in [9.17, 15) is 19.5 Å². The molecule has 0 fully saturated rings. The van der Waals surface area contributed by atoms with E-state index in [1.54, 1.807) is 0 Å². The zero-order valence-corrected chi connectivity index (χ0v) is 22.4. The van der Waals surface area contributed by atoms with Gasteiger partial charge in [-0.2, -0.15) is 0 Å². The number of aromatic hydroxyl groups is 1. The van der Waals surface area contributed by atoms with Crippen LogP contribution >= 0.6 is 11.8 Å². The second-order valence-electron chi connectivity index (χ2n) is 8.35. The smallest absolute Gasteiger partial charge is 0.303 e. The second kappa shape index (κ2) is 15.3. The SMILES string of the molecule is [2H]C([2H])(Oc1ccc(C(C)=O)c(OCCCC(=O)O)c1CCC)C([2H])([2H])C([2H])([2H])Sc1ccc(C(C)=O)c(O)c1CCC. The van der Waals surface area contributed by atoms with Gasteiger partial charge in [-0.15, -0.1) is 11.8 Å². The summed E-state index contributed by atoms with van der Waals surface area (Å²) in [6.07, 6.45) is -1.74. The molecule has 2 N–H and O–H groups in total. The van der Waals surface area contributed by atoms with Crippen molar-refractivity contribution in [2.24, 2.45) is 0 Å². The van der Waals surface area contributed by atoms with Crippen LogP contribution in [0.1, 0.15) is 99.8 Å². The van der Waals surface area contributed by atoms with E-state index in [4.69, 9.17) is 22.8 Å². The number of rotatable bonds is 17. The van der Waals surface area contributed by atoms with Crippen molar-refractivity contribution in [3.8, 4) is 17.2 Å². The molecule has 0 aliphatic rings. The highest BCUT2D eigenvalue weighted by Gasteiger charge is 2.19. The van der Waals surface area contributed by atoms with Gasteiger partial charge in [0.05, 0.1) is 27.0 Å². The monoisotopic (exact) mass is 536 g/mol. The first kappa shape index (κ1) is 22.0. The molecule has 0 aliphatic carbocycles. The Hall–Kier alpha value is -3.00. The van der Waals surface area contributed by atoms with Crippen LogP contribution < -0.4 is 9.47 Å². The molecule has 7 nitrogen and oxygen atoms in total. The van der Waals surface area contributed by atoms with Crippen LogP contribution in [0.25, 0.3) is 0 Å². The average molecular weight is 537 g/mol. The minimum atomic E-state index is -3.28. The fraction of sp³-hybridized carbons (Fsp3) is 0.483. The van der Waals surface area contributed by atoms with E-state index in [1.165, 1.54) is 38.1 Å². The van der Waals surface area contributed by atoms with E-state index in [0.717, 1.165) is 0 Å². The summed E-state index contributed by atoms with van der Waals surface area (Å²) >= 11 is 0.381. The third kappa shape index (κ3) is 8.81. The van der Waals surface area contributed by atoms with Crippen molar-refractivity contribution in [2.75, 3.05) is 18.9 Å². The van der Waals surface area contributed by atoms with Gasteiger partial charge in [-0.25, -0.2) is 0 Å². The third-order valence-electron chi connectivity index (χ3n) is 5.42. The van der Waals surface area contributed by atoms with Gasteiger partial charge < -0.3 is 19.7 Å². The molecule has 2 aromatic rings. The minimum absolute atomic E-state index is 0.0466. The van der Waals surface area contributed by atoms with Crippen LogP contribution in [0, 0.1) is 0 Å². The predicted molar refractivity (Wildman–Crippen MR) is 146 cm³/mol. The Morgan fingerprint density at radius 1 is 0.946 bits per heavy atom. The van der Waals surface area contributed by atoms with Gasteiger partial charge in [0.25, 0.3) is 0 Å². The van der Waals surface area contributed by atoms with Gasteiger partial charge in [0, 0.05) is 33.6 Å². The van der Waals surface area contributed by atoms with Crippen LogP contribution in [0.2, 0.25) is 0 Å². The maximum atomic E-state index is 12.3. The molecule has 37 heavy (non-hydrogen) atoms. The van der Waals surface area contributed by atoms with Crippen LogP contribution in [0.4, 0.5) is 0 Å². The number of benzene rings is 2. The van der Waals surface area contributed by atoms with E-state index in [-0.39, 0.29) is 82.5 Å². The number of ether oxygens (including phenoxy) is 2. The molecule has 0 bridgehead atoms. The molecule has 2 rings (SSSR count). The summed E-state index contributed by atoms with van der Waals surface area (Å²) < 4.78 is 62.9. The molecule has 0 spiro atoms. The lowest BCUT2D eigenvalue weighted by Gasteiger charge is -2.19. The van der Waals surface area contributed by atoms with E-state index in [1.807, 2.05) is 13.8 Å². The van der Waals surface area contributed by atoms with Crippen LogP contribution in [0.5, 0.6) is 17.2 Å². The maximum Gasteiger partial charge on any atom is 0.303 e. The van der Waals surface area contributed by atoms with Crippen molar-refractivity contribution >= 4 is 29.3 Å². The Kier molecular flexibility index (Phi) is 9.11. The lowest BCUT2D eigenvalue weighted by molar-refractivity contribution is -0.137. The first-order valence-corrected chi connectivity index (χ1v) is 13.0. The Morgan fingerprint density at radius 3 is 2.22 bits per heavy atom.